The number of carbonyl (C=O) groups is 2. The monoisotopic (exact) mass is 494 g/mol. The maximum atomic E-state index is 13.2. The SMILES string of the molecule is COc1ccc(-c2nnc(SC(C)C(=O)c3ccc4c(c3)NC(=O)CO4)n2CC2CCCO2)cc1. The Labute approximate surface area is 207 Å². The minimum Gasteiger partial charge on any atom is -0.497 e. The van der Waals surface area contributed by atoms with Gasteiger partial charge in [0.2, 0.25) is 0 Å². The lowest BCUT2D eigenvalue weighted by atomic mass is 10.1. The van der Waals surface area contributed by atoms with E-state index in [0.29, 0.717) is 28.7 Å². The number of carbonyl (C=O) groups excluding carboxylic acids is 2. The zero-order valence-electron chi connectivity index (χ0n) is 19.5. The lowest BCUT2D eigenvalue weighted by Gasteiger charge is -2.19. The van der Waals surface area contributed by atoms with Crippen LogP contribution < -0.4 is 14.8 Å². The van der Waals surface area contributed by atoms with E-state index in [2.05, 4.69) is 15.5 Å². The fourth-order valence-corrected chi connectivity index (χ4v) is 5.10. The van der Waals surface area contributed by atoms with E-state index >= 15 is 0 Å². The molecule has 2 unspecified atom stereocenters. The van der Waals surface area contributed by atoms with E-state index in [0.717, 1.165) is 36.6 Å². The van der Waals surface area contributed by atoms with Gasteiger partial charge < -0.3 is 19.5 Å². The van der Waals surface area contributed by atoms with Crippen molar-refractivity contribution in [2.45, 2.75) is 42.8 Å². The number of ketones is 1. The first-order chi connectivity index (χ1) is 17.0. The molecule has 1 fully saturated rings. The van der Waals surface area contributed by atoms with Crippen LogP contribution in [0.4, 0.5) is 5.69 Å². The first kappa shape index (κ1) is 23.4. The summed E-state index contributed by atoms with van der Waals surface area (Å²) < 4.78 is 18.6. The summed E-state index contributed by atoms with van der Waals surface area (Å²) in [7, 11) is 1.63. The van der Waals surface area contributed by atoms with E-state index in [4.69, 9.17) is 14.2 Å². The van der Waals surface area contributed by atoms with Gasteiger partial charge in [0.25, 0.3) is 5.91 Å². The van der Waals surface area contributed by atoms with Gasteiger partial charge in [0.15, 0.2) is 23.4 Å². The van der Waals surface area contributed by atoms with Gasteiger partial charge in [0.1, 0.15) is 11.5 Å². The number of anilines is 1. The van der Waals surface area contributed by atoms with Crippen molar-refractivity contribution in [2.75, 3.05) is 25.6 Å². The highest BCUT2D eigenvalue weighted by Crippen LogP contribution is 2.33. The Morgan fingerprint density at radius 2 is 2.09 bits per heavy atom. The smallest absolute Gasteiger partial charge is 0.262 e. The Kier molecular flexibility index (Phi) is 6.74. The molecule has 9 nitrogen and oxygen atoms in total. The molecule has 1 N–H and O–H groups in total. The maximum Gasteiger partial charge on any atom is 0.262 e. The molecule has 10 heteroatoms. The molecule has 3 heterocycles. The third kappa shape index (κ3) is 5.03. The highest BCUT2D eigenvalue weighted by molar-refractivity contribution is 8.00. The van der Waals surface area contributed by atoms with Gasteiger partial charge in [-0.25, -0.2) is 0 Å². The van der Waals surface area contributed by atoms with E-state index in [1.807, 2.05) is 35.8 Å². The van der Waals surface area contributed by atoms with Crippen LogP contribution in [0.3, 0.4) is 0 Å². The maximum absolute atomic E-state index is 13.2. The summed E-state index contributed by atoms with van der Waals surface area (Å²) in [5.74, 6) is 1.73. The Morgan fingerprint density at radius 1 is 1.26 bits per heavy atom. The lowest BCUT2D eigenvalue weighted by Crippen LogP contribution is -2.26. The molecule has 1 amide bonds. The van der Waals surface area contributed by atoms with Crippen LogP contribution in [0.2, 0.25) is 0 Å². The summed E-state index contributed by atoms with van der Waals surface area (Å²) in [6.45, 7) is 3.18. The number of methoxy groups -OCH3 is 1. The van der Waals surface area contributed by atoms with E-state index in [1.54, 1.807) is 25.3 Å². The van der Waals surface area contributed by atoms with Crippen LogP contribution in [0.15, 0.2) is 47.6 Å². The van der Waals surface area contributed by atoms with Crippen molar-refractivity contribution >= 4 is 29.1 Å². The van der Waals surface area contributed by atoms with Crippen LogP contribution in [0.1, 0.15) is 30.1 Å². The molecule has 0 radical (unpaired) electrons. The predicted molar refractivity (Wildman–Crippen MR) is 131 cm³/mol. The number of hydrogen-bond acceptors (Lipinski definition) is 8. The molecule has 182 valence electrons. The van der Waals surface area contributed by atoms with E-state index < -0.39 is 5.25 Å². The number of ether oxygens (including phenoxy) is 3. The number of amides is 1. The van der Waals surface area contributed by atoms with Crippen molar-refractivity contribution in [1.82, 2.24) is 14.8 Å². The van der Waals surface area contributed by atoms with Crippen molar-refractivity contribution in [3.05, 3.63) is 48.0 Å². The molecule has 3 aromatic rings. The van der Waals surface area contributed by atoms with Gasteiger partial charge >= 0.3 is 0 Å². The number of nitrogens with one attached hydrogen (secondary N) is 1. The molecule has 35 heavy (non-hydrogen) atoms. The minimum atomic E-state index is -0.426. The van der Waals surface area contributed by atoms with Crippen LogP contribution in [0, 0.1) is 0 Å². The highest BCUT2D eigenvalue weighted by Gasteiger charge is 2.26. The van der Waals surface area contributed by atoms with E-state index in [-0.39, 0.29) is 24.4 Å². The van der Waals surface area contributed by atoms with Crippen LogP contribution >= 0.6 is 11.8 Å². The summed E-state index contributed by atoms with van der Waals surface area (Å²) in [4.78, 5) is 24.9. The molecule has 0 spiro atoms. The molecule has 1 saturated heterocycles. The molecule has 1 aromatic heterocycles. The number of aromatic nitrogens is 3. The zero-order valence-corrected chi connectivity index (χ0v) is 20.3. The summed E-state index contributed by atoms with van der Waals surface area (Å²) in [6.07, 6.45) is 2.08. The van der Waals surface area contributed by atoms with Crippen LogP contribution in [-0.2, 0) is 16.1 Å². The molecular formula is C25H26N4O5S. The van der Waals surface area contributed by atoms with Gasteiger partial charge in [-0.2, -0.15) is 0 Å². The predicted octanol–water partition coefficient (Wildman–Crippen LogP) is 3.83. The van der Waals surface area contributed by atoms with Crippen molar-refractivity contribution in [3.63, 3.8) is 0 Å². The molecule has 2 atom stereocenters. The van der Waals surface area contributed by atoms with Crippen molar-refractivity contribution in [3.8, 4) is 22.9 Å². The number of nitrogens with zero attached hydrogens (tertiary/aromatic N) is 3. The number of fused-ring (bicyclic) bond motifs is 1. The Bertz CT molecular complexity index is 1240. The topological polar surface area (TPSA) is 105 Å². The molecule has 2 aliphatic rings. The first-order valence-electron chi connectivity index (χ1n) is 11.5. The Hall–Kier alpha value is -3.37. The largest absolute Gasteiger partial charge is 0.497 e. The molecule has 0 bridgehead atoms. The summed E-state index contributed by atoms with van der Waals surface area (Å²) in [5.41, 5.74) is 1.91. The van der Waals surface area contributed by atoms with Gasteiger partial charge in [0.05, 0.1) is 30.7 Å². The van der Waals surface area contributed by atoms with E-state index in [1.165, 1.54) is 11.8 Å². The number of Topliss-reactive ketones (excluding diaryl/α,β-unsaturated/α-hetero) is 1. The van der Waals surface area contributed by atoms with Gasteiger partial charge in [-0.05, 0) is 62.2 Å². The quantitative estimate of drug-likeness (QED) is 0.372. The Morgan fingerprint density at radius 3 is 2.83 bits per heavy atom. The molecule has 2 aromatic carbocycles. The second-order valence-electron chi connectivity index (χ2n) is 8.45. The Balaban J connectivity index is 1.39. The number of rotatable bonds is 8. The van der Waals surface area contributed by atoms with Crippen molar-refractivity contribution in [1.29, 1.82) is 0 Å². The number of benzene rings is 2. The average molecular weight is 495 g/mol. The van der Waals surface area contributed by atoms with Gasteiger partial charge in [-0.3, -0.25) is 14.2 Å². The summed E-state index contributed by atoms with van der Waals surface area (Å²) in [6, 6.07) is 12.8. The summed E-state index contributed by atoms with van der Waals surface area (Å²) >= 11 is 1.36. The minimum absolute atomic E-state index is 0.0244. The van der Waals surface area contributed by atoms with Crippen LogP contribution in [-0.4, -0.2) is 58.1 Å². The molecular weight excluding hydrogens is 468 g/mol. The van der Waals surface area contributed by atoms with Crippen LogP contribution in [0.25, 0.3) is 11.4 Å². The van der Waals surface area contributed by atoms with Crippen molar-refractivity contribution in [2.24, 2.45) is 0 Å². The first-order valence-corrected chi connectivity index (χ1v) is 12.4. The molecule has 0 aliphatic carbocycles. The second kappa shape index (κ2) is 10.1. The number of thioether (sulfide) groups is 1. The molecule has 2 aliphatic heterocycles. The second-order valence-corrected chi connectivity index (χ2v) is 9.76. The molecule has 5 rings (SSSR count). The van der Waals surface area contributed by atoms with Gasteiger partial charge in [-0.15, -0.1) is 10.2 Å². The third-order valence-corrected chi connectivity index (χ3v) is 7.10. The summed E-state index contributed by atoms with van der Waals surface area (Å²) in [5, 5.41) is 11.9. The third-order valence-electron chi connectivity index (χ3n) is 6.02. The van der Waals surface area contributed by atoms with Crippen LogP contribution in [0.5, 0.6) is 11.5 Å². The number of hydrogen-bond donors (Lipinski definition) is 1. The highest BCUT2D eigenvalue weighted by atomic mass is 32.2. The van der Waals surface area contributed by atoms with Gasteiger partial charge in [0, 0.05) is 17.7 Å². The lowest BCUT2D eigenvalue weighted by molar-refractivity contribution is -0.118. The van der Waals surface area contributed by atoms with E-state index in [9.17, 15) is 9.59 Å². The zero-order chi connectivity index (χ0) is 24.4. The fraction of sp³-hybridized carbons (Fsp3) is 0.360. The fourth-order valence-electron chi connectivity index (χ4n) is 4.17. The molecule has 0 saturated carbocycles. The van der Waals surface area contributed by atoms with Gasteiger partial charge in [-0.1, -0.05) is 11.8 Å². The standard InChI is InChI=1S/C25H26N4O5S/c1-15(23(31)17-7-10-21-20(12-17)26-22(30)14-34-21)35-25-28-27-24(16-5-8-18(32-2)9-6-16)29(25)13-19-4-3-11-33-19/h5-10,12,15,19H,3-4,11,13-14H2,1-2H3,(H,26,30). The average Bonchev–Trinajstić information content (AvgIpc) is 3.54. The normalized spacial score (nSPS) is 17.9. The van der Waals surface area contributed by atoms with Crippen molar-refractivity contribution < 1.29 is 23.8 Å².